The number of carbonyl (C=O) groups is 1. The number of fused-ring (bicyclic) bond motifs is 5. The van der Waals surface area contributed by atoms with E-state index < -0.39 is 22.7 Å². The summed E-state index contributed by atoms with van der Waals surface area (Å²) >= 11 is 0. The molecule has 0 aromatic rings. The zero-order chi connectivity index (χ0) is 25.1. The second-order valence-corrected chi connectivity index (χ2v) is 13.6. The SMILES string of the molecule is CC(=O)O[C@H]1CC[C@@]2(O)[C@@](C)(C1)[C@@H](O)C[C@H]1[C@@H]3CC[C@H]([C@H](C)CCCC(C)C)[C@@]3(C)CC[C@]12O. The van der Waals surface area contributed by atoms with E-state index in [0.717, 1.165) is 18.8 Å². The van der Waals surface area contributed by atoms with E-state index in [1.807, 2.05) is 6.92 Å². The predicted octanol–water partition coefficient (Wildman–Crippen LogP) is 5.24. The summed E-state index contributed by atoms with van der Waals surface area (Å²) in [7, 11) is 0. The molecule has 34 heavy (non-hydrogen) atoms. The Bertz CT molecular complexity index is 768. The van der Waals surface area contributed by atoms with Gasteiger partial charge in [0.2, 0.25) is 0 Å². The lowest BCUT2D eigenvalue weighted by molar-refractivity contribution is -0.331. The van der Waals surface area contributed by atoms with Crippen molar-refractivity contribution >= 4 is 5.97 Å². The molecule has 4 saturated carbocycles. The van der Waals surface area contributed by atoms with Gasteiger partial charge in [-0.05, 0) is 86.4 Å². The van der Waals surface area contributed by atoms with Gasteiger partial charge in [-0.2, -0.15) is 0 Å². The maximum absolute atomic E-state index is 12.3. The number of aliphatic hydroxyl groups excluding tert-OH is 1. The van der Waals surface area contributed by atoms with Gasteiger partial charge >= 0.3 is 5.97 Å². The zero-order valence-electron chi connectivity index (χ0n) is 22.5. The fourth-order valence-corrected chi connectivity index (χ4v) is 9.52. The van der Waals surface area contributed by atoms with Crippen LogP contribution in [-0.2, 0) is 9.53 Å². The molecule has 0 unspecified atom stereocenters. The van der Waals surface area contributed by atoms with Crippen molar-refractivity contribution < 1.29 is 24.9 Å². The Morgan fingerprint density at radius 1 is 1.00 bits per heavy atom. The largest absolute Gasteiger partial charge is 0.463 e. The second-order valence-electron chi connectivity index (χ2n) is 13.6. The Hall–Kier alpha value is -0.650. The van der Waals surface area contributed by atoms with E-state index in [1.54, 1.807) is 0 Å². The molecule has 5 nitrogen and oxygen atoms in total. The maximum Gasteiger partial charge on any atom is 0.302 e. The highest BCUT2D eigenvalue weighted by Gasteiger charge is 2.74. The van der Waals surface area contributed by atoms with Crippen LogP contribution in [0.25, 0.3) is 0 Å². The van der Waals surface area contributed by atoms with Gasteiger partial charge in [0.1, 0.15) is 11.7 Å². The van der Waals surface area contributed by atoms with Crippen LogP contribution in [-0.4, -0.2) is 44.7 Å². The molecule has 0 aliphatic heterocycles. The highest BCUT2D eigenvalue weighted by Crippen LogP contribution is 2.70. The number of esters is 1. The van der Waals surface area contributed by atoms with Crippen molar-refractivity contribution in [1.82, 2.24) is 0 Å². The normalized spacial score (nSPS) is 49.2. The third-order valence-electron chi connectivity index (χ3n) is 11.4. The predicted molar refractivity (Wildman–Crippen MR) is 133 cm³/mol. The van der Waals surface area contributed by atoms with Gasteiger partial charge in [0.05, 0.1) is 11.7 Å². The monoisotopic (exact) mass is 478 g/mol. The van der Waals surface area contributed by atoms with E-state index in [9.17, 15) is 20.1 Å². The summed E-state index contributed by atoms with van der Waals surface area (Å²) in [5.74, 6) is 1.98. The Balaban J connectivity index is 1.57. The van der Waals surface area contributed by atoms with E-state index >= 15 is 0 Å². The first kappa shape index (κ1) is 26.4. The molecular weight excluding hydrogens is 428 g/mol. The van der Waals surface area contributed by atoms with E-state index in [1.165, 1.54) is 32.6 Å². The topological polar surface area (TPSA) is 87.0 Å². The van der Waals surface area contributed by atoms with Crippen molar-refractivity contribution in [3.05, 3.63) is 0 Å². The lowest BCUT2D eigenvalue weighted by Gasteiger charge is -2.68. The number of aliphatic hydroxyl groups is 3. The van der Waals surface area contributed by atoms with Crippen LogP contribution in [0.1, 0.15) is 112 Å². The molecule has 196 valence electrons. The molecule has 4 aliphatic carbocycles. The van der Waals surface area contributed by atoms with Gasteiger partial charge in [0.15, 0.2) is 0 Å². The van der Waals surface area contributed by atoms with Crippen LogP contribution in [0.3, 0.4) is 0 Å². The molecule has 5 heteroatoms. The Morgan fingerprint density at radius 3 is 2.35 bits per heavy atom. The minimum Gasteiger partial charge on any atom is -0.463 e. The zero-order valence-corrected chi connectivity index (χ0v) is 22.5. The lowest BCUT2D eigenvalue weighted by atomic mass is 9.41. The highest BCUT2D eigenvalue weighted by molar-refractivity contribution is 5.66. The molecular formula is C29H50O5. The number of carbonyl (C=O) groups excluding carboxylic acids is 1. The van der Waals surface area contributed by atoms with Gasteiger partial charge in [-0.1, -0.05) is 53.9 Å². The van der Waals surface area contributed by atoms with Crippen LogP contribution in [0, 0.1) is 40.4 Å². The summed E-state index contributed by atoms with van der Waals surface area (Å²) in [6.45, 7) is 12.8. The second kappa shape index (κ2) is 9.03. The number of rotatable bonds is 6. The van der Waals surface area contributed by atoms with Crippen molar-refractivity contribution in [2.24, 2.45) is 40.4 Å². The summed E-state index contributed by atoms with van der Waals surface area (Å²) < 4.78 is 5.50. The maximum atomic E-state index is 12.3. The van der Waals surface area contributed by atoms with E-state index in [0.29, 0.717) is 49.9 Å². The summed E-state index contributed by atoms with van der Waals surface area (Å²) in [6, 6.07) is 0. The molecule has 0 aromatic carbocycles. The molecule has 0 aromatic heterocycles. The Kier molecular flexibility index (Phi) is 7.01. The van der Waals surface area contributed by atoms with Crippen molar-refractivity contribution in [1.29, 1.82) is 0 Å². The first-order chi connectivity index (χ1) is 15.8. The van der Waals surface area contributed by atoms with Crippen LogP contribution in [0.2, 0.25) is 0 Å². The van der Waals surface area contributed by atoms with Crippen LogP contribution in [0.5, 0.6) is 0 Å². The van der Waals surface area contributed by atoms with Gasteiger partial charge in [-0.25, -0.2) is 0 Å². The fourth-order valence-electron chi connectivity index (χ4n) is 9.52. The lowest BCUT2D eigenvalue weighted by Crippen LogP contribution is -2.77. The van der Waals surface area contributed by atoms with Gasteiger partial charge in [-0.3, -0.25) is 4.79 Å². The van der Waals surface area contributed by atoms with E-state index in [2.05, 4.69) is 27.7 Å². The van der Waals surface area contributed by atoms with Gasteiger partial charge in [0.25, 0.3) is 0 Å². The smallest absolute Gasteiger partial charge is 0.302 e. The number of hydrogen-bond donors (Lipinski definition) is 3. The molecule has 10 atom stereocenters. The molecule has 0 radical (unpaired) electrons. The fraction of sp³-hybridized carbons (Fsp3) is 0.966. The molecule has 3 N–H and O–H groups in total. The quantitative estimate of drug-likeness (QED) is 0.455. The van der Waals surface area contributed by atoms with Crippen molar-refractivity contribution in [2.75, 3.05) is 0 Å². The Morgan fingerprint density at radius 2 is 1.71 bits per heavy atom. The van der Waals surface area contributed by atoms with Crippen LogP contribution >= 0.6 is 0 Å². The molecule has 0 spiro atoms. The molecule has 4 rings (SSSR count). The van der Waals surface area contributed by atoms with Crippen LogP contribution in [0.15, 0.2) is 0 Å². The molecule has 0 bridgehead atoms. The van der Waals surface area contributed by atoms with E-state index in [4.69, 9.17) is 4.74 Å². The molecule has 4 aliphatic rings. The average molecular weight is 479 g/mol. The molecule has 0 saturated heterocycles. The summed E-state index contributed by atoms with van der Waals surface area (Å²) in [5, 5.41) is 36.0. The van der Waals surface area contributed by atoms with Gasteiger partial charge < -0.3 is 20.1 Å². The summed E-state index contributed by atoms with van der Waals surface area (Å²) in [5.41, 5.74) is -3.27. The van der Waals surface area contributed by atoms with Crippen LogP contribution < -0.4 is 0 Å². The van der Waals surface area contributed by atoms with Crippen molar-refractivity contribution in [3.8, 4) is 0 Å². The highest BCUT2D eigenvalue weighted by atomic mass is 16.5. The summed E-state index contributed by atoms with van der Waals surface area (Å²) in [4.78, 5) is 11.6. The number of ether oxygens (including phenoxy) is 1. The van der Waals surface area contributed by atoms with Gasteiger partial charge in [0, 0.05) is 12.3 Å². The standard InChI is InChI=1S/C29H50O5/c1-18(2)8-7-9-19(3)22-10-11-23-24-16-25(31)27(6)17-21(34-20(4)30)12-13-29(27,33)28(24,32)15-14-26(22,23)5/h18-19,21-25,31-33H,7-17H2,1-6H3/t19-,21+,22-,23+,24+,25+,26-,27+,28+,29-/m1/s1. The third-order valence-corrected chi connectivity index (χ3v) is 11.4. The Labute approximate surface area is 207 Å². The van der Waals surface area contributed by atoms with Crippen molar-refractivity contribution in [2.45, 2.75) is 136 Å². The molecule has 4 fully saturated rings. The minimum atomic E-state index is -1.36. The first-order valence-electron chi connectivity index (χ1n) is 14.1. The summed E-state index contributed by atoms with van der Waals surface area (Å²) in [6.07, 6.45) is 8.43. The van der Waals surface area contributed by atoms with Gasteiger partial charge in [-0.15, -0.1) is 0 Å². The molecule has 0 heterocycles. The number of hydrogen-bond acceptors (Lipinski definition) is 5. The van der Waals surface area contributed by atoms with Crippen molar-refractivity contribution in [3.63, 3.8) is 0 Å². The minimum absolute atomic E-state index is 0.0857. The molecule has 0 amide bonds. The van der Waals surface area contributed by atoms with Crippen LogP contribution in [0.4, 0.5) is 0 Å². The third kappa shape index (κ3) is 3.87. The van der Waals surface area contributed by atoms with E-state index in [-0.39, 0.29) is 23.4 Å². The average Bonchev–Trinajstić information content (AvgIpc) is 3.09. The first-order valence-corrected chi connectivity index (χ1v) is 14.1.